The number of hydrogen-bond acceptors (Lipinski definition) is 4. The molecule has 0 aliphatic carbocycles. The largest absolute Gasteiger partial charge is 0.478 e. The lowest BCUT2D eigenvalue weighted by molar-refractivity contribution is 0.0696. The van der Waals surface area contributed by atoms with Crippen LogP contribution in [0.15, 0.2) is 12.1 Å². The van der Waals surface area contributed by atoms with Gasteiger partial charge in [0.05, 0.1) is 5.56 Å². The monoisotopic (exact) mass is 294 g/mol. The van der Waals surface area contributed by atoms with E-state index in [1.54, 1.807) is 12.1 Å². The van der Waals surface area contributed by atoms with Crippen molar-refractivity contribution in [3.8, 4) is 0 Å². The molecule has 5 heteroatoms. The van der Waals surface area contributed by atoms with Gasteiger partial charge in [0.25, 0.3) is 0 Å². The molecular weight excluding hydrogens is 272 g/mol. The van der Waals surface area contributed by atoms with Crippen LogP contribution in [0.2, 0.25) is 0 Å². The Kier molecular flexibility index (Phi) is 5.29. The molecule has 1 fully saturated rings. The summed E-state index contributed by atoms with van der Waals surface area (Å²) in [5.74, 6) is 1.23. The van der Waals surface area contributed by atoms with Crippen LogP contribution in [0.25, 0.3) is 0 Å². The molecule has 110 valence electrons. The van der Waals surface area contributed by atoms with E-state index < -0.39 is 5.97 Å². The maximum absolute atomic E-state index is 11.2. The number of nitrogens with zero attached hydrogens (tertiary/aromatic N) is 1. The normalized spacial score (nSPS) is 19.1. The molecule has 0 bridgehead atoms. The van der Waals surface area contributed by atoms with Crippen molar-refractivity contribution in [2.24, 2.45) is 0 Å². The summed E-state index contributed by atoms with van der Waals surface area (Å²) in [5, 5.41) is 13.1. The molecule has 0 radical (unpaired) electrons. The summed E-state index contributed by atoms with van der Waals surface area (Å²) in [4.78, 5) is 15.7. The third kappa shape index (κ3) is 4.13. The molecule has 4 nitrogen and oxygen atoms in total. The molecule has 2 heterocycles. The van der Waals surface area contributed by atoms with Gasteiger partial charge in [-0.2, -0.15) is 11.8 Å². The Morgan fingerprint density at radius 3 is 2.90 bits per heavy atom. The van der Waals surface area contributed by atoms with Crippen LogP contribution in [0.3, 0.4) is 0 Å². The molecule has 1 aliphatic heterocycles. The lowest BCUT2D eigenvalue weighted by atomic mass is 10.1. The van der Waals surface area contributed by atoms with Gasteiger partial charge in [-0.3, -0.25) is 0 Å². The number of aromatic carboxylic acids is 1. The summed E-state index contributed by atoms with van der Waals surface area (Å²) in [7, 11) is 0. The predicted molar refractivity (Wildman–Crippen MR) is 83.9 cm³/mol. The Morgan fingerprint density at radius 2 is 2.30 bits per heavy atom. The first-order valence-electron chi connectivity index (χ1n) is 7.17. The number of thioether (sulfide) groups is 1. The van der Waals surface area contributed by atoms with Crippen LogP contribution < -0.4 is 5.32 Å². The number of anilines is 1. The third-order valence-corrected chi connectivity index (χ3v) is 4.87. The highest BCUT2D eigenvalue weighted by Crippen LogP contribution is 2.25. The summed E-state index contributed by atoms with van der Waals surface area (Å²) in [6.45, 7) is 4.90. The van der Waals surface area contributed by atoms with Crippen LogP contribution in [0, 0.1) is 0 Å². The average Bonchev–Trinajstić information content (AvgIpc) is 2.45. The molecule has 0 saturated carbocycles. The maximum atomic E-state index is 11.2. The Morgan fingerprint density at radius 1 is 1.50 bits per heavy atom. The lowest BCUT2D eigenvalue weighted by Gasteiger charge is -2.22. The van der Waals surface area contributed by atoms with Crippen LogP contribution in [0.1, 0.15) is 55.1 Å². The first kappa shape index (κ1) is 15.2. The van der Waals surface area contributed by atoms with Crippen LogP contribution in [-0.4, -0.2) is 33.6 Å². The van der Waals surface area contributed by atoms with Gasteiger partial charge < -0.3 is 10.4 Å². The second-order valence-electron chi connectivity index (χ2n) is 5.50. The quantitative estimate of drug-likeness (QED) is 0.868. The number of carbonyl (C=O) groups is 1. The molecule has 0 spiro atoms. The molecule has 0 amide bonds. The Labute approximate surface area is 124 Å². The van der Waals surface area contributed by atoms with E-state index in [-0.39, 0.29) is 5.92 Å². The first-order valence-corrected chi connectivity index (χ1v) is 8.22. The summed E-state index contributed by atoms with van der Waals surface area (Å²) in [6, 6.07) is 3.29. The first-order chi connectivity index (χ1) is 9.56. The number of aromatic nitrogens is 1. The fourth-order valence-corrected chi connectivity index (χ4v) is 3.49. The molecular formula is C15H22N2O2S. The van der Waals surface area contributed by atoms with Gasteiger partial charge in [-0.15, -0.1) is 0 Å². The molecule has 2 rings (SSSR count). The smallest absolute Gasteiger partial charge is 0.335 e. The van der Waals surface area contributed by atoms with E-state index in [4.69, 9.17) is 0 Å². The van der Waals surface area contributed by atoms with Crippen molar-refractivity contribution in [3.63, 3.8) is 0 Å². The van der Waals surface area contributed by atoms with Gasteiger partial charge in [-0.05, 0) is 36.6 Å². The standard InChI is InChI=1S/C15H22N2O2S/c1-10(2)13-7-11(15(18)19)8-14(17-13)16-9-12-5-3-4-6-20-12/h7-8,10,12H,3-6,9H2,1-2H3,(H,16,17)(H,18,19). The number of rotatable bonds is 5. The molecule has 20 heavy (non-hydrogen) atoms. The molecule has 1 atom stereocenters. The van der Waals surface area contributed by atoms with Crippen molar-refractivity contribution in [3.05, 3.63) is 23.4 Å². The SMILES string of the molecule is CC(C)c1cc(C(=O)O)cc(NCC2CCCCS2)n1. The van der Waals surface area contributed by atoms with E-state index in [1.807, 2.05) is 25.6 Å². The van der Waals surface area contributed by atoms with E-state index in [0.717, 1.165) is 12.2 Å². The fourth-order valence-electron chi connectivity index (χ4n) is 2.25. The van der Waals surface area contributed by atoms with E-state index in [2.05, 4.69) is 10.3 Å². The molecule has 1 aromatic heterocycles. The van der Waals surface area contributed by atoms with Crippen molar-refractivity contribution in [2.45, 2.75) is 44.3 Å². The maximum Gasteiger partial charge on any atom is 0.335 e. The zero-order chi connectivity index (χ0) is 14.5. The van der Waals surface area contributed by atoms with Crippen LogP contribution in [0.5, 0.6) is 0 Å². The molecule has 1 aromatic rings. The van der Waals surface area contributed by atoms with E-state index >= 15 is 0 Å². The zero-order valence-electron chi connectivity index (χ0n) is 12.1. The van der Waals surface area contributed by atoms with E-state index in [1.165, 1.54) is 25.0 Å². The Bertz CT molecular complexity index is 471. The van der Waals surface area contributed by atoms with Gasteiger partial charge in [-0.1, -0.05) is 20.3 Å². The van der Waals surface area contributed by atoms with Gasteiger partial charge in [0.1, 0.15) is 5.82 Å². The highest BCUT2D eigenvalue weighted by Gasteiger charge is 2.15. The third-order valence-electron chi connectivity index (χ3n) is 3.47. The Hall–Kier alpha value is -1.23. The second-order valence-corrected chi connectivity index (χ2v) is 6.90. The molecule has 1 aliphatic rings. The van der Waals surface area contributed by atoms with E-state index in [0.29, 0.717) is 16.6 Å². The zero-order valence-corrected chi connectivity index (χ0v) is 12.9. The van der Waals surface area contributed by atoms with Gasteiger partial charge >= 0.3 is 5.97 Å². The lowest BCUT2D eigenvalue weighted by Crippen LogP contribution is -2.21. The van der Waals surface area contributed by atoms with E-state index in [9.17, 15) is 9.90 Å². The minimum Gasteiger partial charge on any atom is -0.478 e. The molecule has 2 N–H and O–H groups in total. The number of hydrogen-bond donors (Lipinski definition) is 2. The van der Waals surface area contributed by atoms with Gasteiger partial charge in [0, 0.05) is 17.5 Å². The van der Waals surface area contributed by atoms with Crippen molar-refractivity contribution in [1.82, 2.24) is 4.98 Å². The van der Waals surface area contributed by atoms with Crippen LogP contribution >= 0.6 is 11.8 Å². The van der Waals surface area contributed by atoms with Crippen LogP contribution in [0.4, 0.5) is 5.82 Å². The fraction of sp³-hybridized carbons (Fsp3) is 0.600. The van der Waals surface area contributed by atoms with Gasteiger partial charge in [-0.25, -0.2) is 9.78 Å². The molecule has 1 unspecified atom stereocenters. The summed E-state index contributed by atoms with van der Waals surface area (Å²) in [5.41, 5.74) is 1.13. The van der Waals surface area contributed by atoms with Crippen molar-refractivity contribution in [1.29, 1.82) is 0 Å². The van der Waals surface area contributed by atoms with Crippen LogP contribution in [-0.2, 0) is 0 Å². The summed E-state index contributed by atoms with van der Waals surface area (Å²) >= 11 is 2.00. The number of pyridine rings is 1. The van der Waals surface area contributed by atoms with Crippen molar-refractivity contribution in [2.75, 3.05) is 17.6 Å². The summed E-state index contributed by atoms with van der Waals surface area (Å²) in [6.07, 6.45) is 3.83. The average molecular weight is 294 g/mol. The number of nitrogens with one attached hydrogen (secondary N) is 1. The van der Waals surface area contributed by atoms with Gasteiger partial charge in [0.2, 0.25) is 0 Å². The van der Waals surface area contributed by atoms with Crippen molar-refractivity contribution >= 4 is 23.5 Å². The topological polar surface area (TPSA) is 62.2 Å². The molecule has 0 aromatic carbocycles. The minimum atomic E-state index is -0.899. The predicted octanol–water partition coefficient (Wildman–Crippen LogP) is 3.60. The second kappa shape index (κ2) is 6.97. The molecule has 1 saturated heterocycles. The number of carboxylic acids is 1. The highest BCUT2D eigenvalue weighted by atomic mass is 32.2. The summed E-state index contributed by atoms with van der Waals surface area (Å²) < 4.78 is 0. The van der Waals surface area contributed by atoms with Gasteiger partial charge in [0.15, 0.2) is 0 Å². The minimum absolute atomic E-state index is 0.221. The van der Waals surface area contributed by atoms with Crippen molar-refractivity contribution < 1.29 is 9.90 Å². The number of carboxylic acid groups (broad SMARTS) is 1. The Balaban J connectivity index is 2.07. The highest BCUT2D eigenvalue weighted by molar-refractivity contribution is 7.99.